The molecule has 1 heterocycles. The van der Waals surface area contributed by atoms with Gasteiger partial charge in [-0.1, -0.05) is 27.5 Å². The smallest absolute Gasteiger partial charge is 0.0648 e. The zero-order chi connectivity index (χ0) is 12.4. The number of thiophene rings is 1. The Morgan fingerprint density at radius 3 is 2.65 bits per heavy atom. The Balaban J connectivity index is 2.07. The maximum absolute atomic E-state index is 6.13. The predicted molar refractivity (Wildman–Crippen MR) is 83.2 cm³/mol. The molecule has 0 aliphatic carbocycles. The second-order valence-corrected chi connectivity index (χ2v) is 7.11. The maximum Gasteiger partial charge on any atom is 0.0648 e. The standard InChI is InChI=1S/C12H10Br2ClNS/c1-7-10(14)5-9(17-7)6-16-12-3-2-8(13)4-11(12)15/h2-5,16H,6H2,1H3. The summed E-state index contributed by atoms with van der Waals surface area (Å²) in [5.41, 5.74) is 0.956. The SMILES string of the molecule is Cc1sc(CNc2ccc(Br)cc2Cl)cc1Br. The molecule has 1 aromatic carbocycles. The maximum atomic E-state index is 6.13. The minimum absolute atomic E-state index is 0.728. The molecule has 0 bridgehead atoms. The van der Waals surface area contributed by atoms with E-state index >= 15 is 0 Å². The van der Waals surface area contributed by atoms with Crippen molar-refractivity contribution >= 4 is 60.5 Å². The number of halogens is 3. The highest BCUT2D eigenvalue weighted by Gasteiger charge is 2.04. The van der Waals surface area contributed by atoms with E-state index in [0.29, 0.717) is 0 Å². The minimum atomic E-state index is 0.728. The lowest BCUT2D eigenvalue weighted by atomic mass is 10.3. The molecule has 2 rings (SSSR count). The van der Waals surface area contributed by atoms with Gasteiger partial charge in [-0.05, 0) is 47.1 Å². The lowest BCUT2D eigenvalue weighted by Crippen LogP contribution is -1.97. The number of benzene rings is 1. The van der Waals surface area contributed by atoms with Crippen molar-refractivity contribution in [2.45, 2.75) is 13.5 Å². The minimum Gasteiger partial charge on any atom is -0.379 e. The van der Waals surface area contributed by atoms with E-state index in [1.807, 2.05) is 18.2 Å². The van der Waals surface area contributed by atoms with Crippen LogP contribution in [0.5, 0.6) is 0 Å². The van der Waals surface area contributed by atoms with Crippen LogP contribution >= 0.6 is 54.8 Å². The summed E-state index contributed by atoms with van der Waals surface area (Å²) < 4.78 is 2.16. The normalized spacial score (nSPS) is 10.6. The quantitative estimate of drug-likeness (QED) is 0.688. The van der Waals surface area contributed by atoms with Gasteiger partial charge in [0.15, 0.2) is 0 Å². The third-order valence-corrected chi connectivity index (χ3v) is 5.23. The van der Waals surface area contributed by atoms with Crippen molar-refractivity contribution in [3.8, 4) is 0 Å². The number of rotatable bonds is 3. The van der Waals surface area contributed by atoms with E-state index in [0.717, 1.165) is 21.7 Å². The number of hydrogen-bond donors (Lipinski definition) is 1. The molecule has 0 atom stereocenters. The first-order chi connectivity index (χ1) is 8.06. The fourth-order valence-corrected chi connectivity index (χ4v) is 3.70. The van der Waals surface area contributed by atoms with Crippen molar-refractivity contribution in [2.75, 3.05) is 5.32 Å². The van der Waals surface area contributed by atoms with Crippen LogP contribution < -0.4 is 5.32 Å². The average Bonchev–Trinajstić information content (AvgIpc) is 2.57. The molecule has 0 radical (unpaired) electrons. The summed E-state index contributed by atoms with van der Waals surface area (Å²) in [7, 11) is 0. The van der Waals surface area contributed by atoms with E-state index in [-0.39, 0.29) is 0 Å². The van der Waals surface area contributed by atoms with Crippen molar-refractivity contribution in [3.05, 3.63) is 48.0 Å². The summed E-state index contributed by atoms with van der Waals surface area (Å²) in [6.45, 7) is 2.89. The highest BCUT2D eigenvalue weighted by atomic mass is 79.9. The largest absolute Gasteiger partial charge is 0.379 e. The molecule has 1 N–H and O–H groups in total. The second-order valence-electron chi connectivity index (χ2n) is 3.59. The lowest BCUT2D eigenvalue weighted by molar-refractivity contribution is 1.19. The van der Waals surface area contributed by atoms with Crippen molar-refractivity contribution in [1.29, 1.82) is 0 Å². The lowest BCUT2D eigenvalue weighted by Gasteiger charge is -2.07. The van der Waals surface area contributed by atoms with Crippen molar-refractivity contribution in [1.82, 2.24) is 0 Å². The number of anilines is 1. The van der Waals surface area contributed by atoms with Crippen LogP contribution in [0, 0.1) is 6.92 Å². The summed E-state index contributed by atoms with van der Waals surface area (Å²) in [4.78, 5) is 2.58. The summed E-state index contributed by atoms with van der Waals surface area (Å²) in [6.07, 6.45) is 0. The van der Waals surface area contributed by atoms with E-state index in [9.17, 15) is 0 Å². The van der Waals surface area contributed by atoms with Crippen LogP contribution in [0.3, 0.4) is 0 Å². The number of aryl methyl sites for hydroxylation is 1. The molecule has 0 aliphatic heterocycles. The number of hydrogen-bond acceptors (Lipinski definition) is 2. The molecule has 0 aliphatic rings. The topological polar surface area (TPSA) is 12.0 Å². The molecular formula is C12H10Br2ClNS. The molecule has 0 spiro atoms. The fourth-order valence-electron chi connectivity index (χ4n) is 1.42. The van der Waals surface area contributed by atoms with Crippen LogP contribution in [0.2, 0.25) is 5.02 Å². The van der Waals surface area contributed by atoms with Gasteiger partial charge < -0.3 is 5.32 Å². The molecule has 0 fully saturated rings. The molecule has 0 saturated carbocycles. The molecule has 2 aromatic rings. The van der Waals surface area contributed by atoms with Gasteiger partial charge in [-0.3, -0.25) is 0 Å². The Morgan fingerprint density at radius 2 is 2.06 bits per heavy atom. The van der Waals surface area contributed by atoms with Gasteiger partial charge in [-0.25, -0.2) is 0 Å². The molecule has 17 heavy (non-hydrogen) atoms. The van der Waals surface area contributed by atoms with Gasteiger partial charge in [0, 0.05) is 25.2 Å². The third kappa shape index (κ3) is 3.47. The first-order valence-electron chi connectivity index (χ1n) is 5.00. The van der Waals surface area contributed by atoms with Crippen molar-refractivity contribution < 1.29 is 0 Å². The molecule has 0 amide bonds. The van der Waals surface area contributed by atoms with E-state index in [1.54, 1.807) is 11.3 Å². The van der Waals surface area contributed by atoms with Crippen LogP contribution in [0.15, 0.2) is 33.2 Å². The Labute approximate surface area is 126 Å². The Hall–Kier alpha value is -0.0300. The predicted octanol–water partition coefficient (Wildman–Crippen LogP) is 5.85. The van der Waals surface area contributed by atoms with E-state index in [2.05, 4.69) is 50.2 Å². The fraction of sp³-hybridized carbons (Fsp3) is 0.167. The summed E-state index contributed by atoms with van der Waals surface area (Å²) in [5, 5.41) is 4.06. The van der Waals surface area contributed by atoms with Crippen LogP contribution in [-0.2, 0) is 6.54 Å². The first kappa shape index (κ1) is 13.4. The molecule has 90 valence electrons. The van der Waals surface area contributed by atoms with Gasteiger partial charge in [0.25, 0.3) is 0 Å². The summed E-state index contributed by atoms with van der Waals surface area (Å²) in [5.74, 6) is 0. The molecule has 0 saturated heterocycles. The second kappa shape index (κ2) is 5.74. The molecular weight excluding hydrogens is 385 g/mol. The van der Waals surface area contributed by atoms with Crippen molar-refractivity contribution in [2.24, 2.45) is 0 Å². The summed E-state index contributed by atoms with van der Waals surface area (Å²) in [6, 6.07) is 7.98. The number of nitrogens with one attached hydrogen (secondary N) is 1. The van der Waals surface area contributed by atoms with Crippen LogP contribution in [-0.4, -0.2) is 0 Å². The molecule has 1 nitrogen and oxygen atoms in total. The Kier molecular flexibility index (Phi) is 4.53. The molecule has 5 heteroatoms. The van der Waals surface area contributed by atoms with Gasteiger partial charge in [0.2, 0.25) is 0 Å². The first-order valence-corrected chi connectivity index (χ1v) is 7.78. The van der Waals surface area contributed by atoms with Crippen LogP contribution in [0.1, 0.15) is 9.75 Å². The average molecular weight is 396 g/mol. The van der Waals surface area contributed by atoms with Crippen molar-refractivity contribution in [3.63, 3.8) is 0 Å². The van der Waals surface area contributed by atoms with E-state index in [4.69, 9.17) is 11.6 Å². The van der Waals surface area contributed by atoms with Gasteiger partial charge in [-0.15, -0.1) is 11.3 Å². The highest BCUT2D eigenvalue weighted by Crippen LogP contribution is 2.29. The molecule has 0 unspecified atom stereocenters. The zero-order valence-corrected chi connectivity index (χ0v) is 13.8. The van der Waals surface area contributed by atoms with Gasteiger partial charge in [0.1, 0.15) is 0 Å². The monoisotopic (exact) mass is 393 g/mol. The van der Waals surface area contributed by atoms with E-state index in [1.165, 1.54) is 14.2 Å². The Bertz CT molecular complexity index is 520. The Morgan fingerprint density at radius 1 is 1.29 bits per heavy atom. The summed E-state index contributed by atoms with van der Waals surface area (Å²) >= 11 is 14.8. The van der Waals surface area contributed by atoms with Gasteiger partial charge >= 0.3 is 0 Å². The highest BCUT2D eigenvalue weighted by molar-refractivity contribution is 9.10. The van der Waals surface area contributed by atoms with Crippen LogP contribution in [0.4, 0.5) is 5.69 Å². The van der Waals surface area contributed by atoms with Crippen LogP contribution in [0.25, 0.3) is 0 Å². The van der Waals surface area contributed by atoms with E-state index < -0.39 is 0 Å². The van der Waals surface area contributed by atoms with Gasteiger partial charge in [0.05, 0.1) is 10.7 Å². The third-order valence-electron chi connectivity index (χ3n) is 2.29. The molecule has 1 aromatic heterocycles. The zero-order valence-electron chi connectivity index (χ0n) is 9.06. The van der Waals surface area contributed by atoms with Gasteiger partial charge in [-0.2, -0.15) is 0 Å².